The van der Waals surface area contributed by atoms with Crippen molar-refractivity contribution in [3.63, 3.8) is 0 Å². The van der Waals surface area contributed by atoms with Gasteiger partial charge >= 0.3 is 0 Å². The molecule has 2 aromatic heterocycles. The SMILES string of the molecule is Brc1cncc(/C=C/c2ccncc2)c1. The van der Waals surface area contributed by atoms with Crippen molar-refractivity contribution in [1.82, 2.24) is 9.97 Å². The maximum Gasteiger partial charge on any atom is 0.0410 e. The number of hydrogen-bond donors (Lipinski definition) is 0. The Bertz CT molecular complexity index is 466. The molecule has 0 aliphatic rings. The Morgan fingerprint density at radius 2 is 1.67 bits per heavy atom. The molecule has 0 atom stereocenters. The number of aromatic nitrogens is 2. The van der Waals surface area contributed by atoms with Gasteiger partial charge in [0.2, 0.25) is 0 Å². The average molecular weight is 261 g/mol. The highest BCUT2D eigenvalue weighted by atomic mass is 79.9. The van der Waals surface area contributed by atoms with E-state index in [0.717, 1.165) is 15.6 Å². The van der Waals surface area contributed by atoms with Crippen molar-refractivity contribution >= 4 is 28.1 Å². The predicted molar refractivity (Wildman–Crippen MR) is 65.1 cm³/mol. The van der Waals surface area contributed by atoms with Crippen LogP contribution >= 0.6 is 15.9 Å². The summed E-state index contributed by atoms with van der Waals surface area (Å²) < 4.78 is 0.986. The monoisotopic (exact) mass is 260 g/mol. The molecule has 0 saturated carbocycles. The number of pyridine rings is 2. The highest BCUT2D eigenvalue weighted by Gasteiger charge is 1.89. The summed E-state index contributed by atoms with van der Waals surface area (Å²) in [5.41, 5.74) is 2.20. The fourth-order valence-corrected chi connectivity index (χ4v) is 1.57. The molecule has 0 unspecified atom stereocenters. The Labute approximate surface area is 96.8 Å². The summed E-state index contributed by atoms with van der Waals surface area (Å²) in [6.45, 7) is 0. The molecule has 0 spiro atoms. The molecule has 3 heteroatoms. The normalized spacial score (nSPS) is 10.7. The summed E-state index contributed by atoms with van der Waals surface area (Å²) in [7, 11) is 0. The molecule has 2 aromatic rings. The van der Waals surface area contributed by atoms with Crippen LogP contribution in [0.1, 0.15) is 11.1 Å². The van der Waals surface area contributed by atoms with Crippen LogP contribution in [0, 0.1) is 0 Å². The molecule has 74 valence electrons. The van der Waals surface area contributed by atoms with Crippen LogP contribution in [0.3, 0.4) is 0 Å². The van der Waals surface area contributed by atoms with E-state index in [0.29, 0.717) is 0 Å². The molecule has 0 radical (unpaired) electrons. The third-order valence-corrected chi connectivity index (χ3v) is 2.33. The van der Waals surface area contributed by atoms with Crippen molar-refractivity contribution in [3.8, 4) is 0 Å². The highest BCUT2D eigenvalue weighted by molar-refractivity contribution is 9.10. The van der Waals surface area contributed by atoms with Crippen LogP contribution in [0.5, 0.6) is 0 Å². The zero-order valence-corrected chi connectivity index (χ0v) is 9.55. The van der Waals surface area contributed by atoms with E-state index in [-0.39, 0.29) is 0 Å². The lowest BCUT2D eigenvalue weighted by Gasteiger charge is -1.94. The van der Waals surface area contributed by atoms with Gasteiger partial charge in [0, 0.05) is 29.3 Å². The Morgan fingerprint density at radius 3 is 2.40 bits per heavy atom. The van der Waals surface area contributed by atoms with Gasteiger partial charge in [-0.25, -0.2) is 0 Å². The van der Waals surface area contributed by atoms with Gasteiger partial charge in [0.05, 0.1) is 0 Å². The molecule has 0 aliphatic carbocycles. The maximum atomic E-state index is 4.09. The minimum atomic E-state index is 0.986. The van der Waals surface area contributed by atoms with Crippen molar-refractivity contribution < 1.29 is 0 Å². The molecular weight excluding hydrogens is 252 g/mol. The van der Waals surface area contributed by atoms with Gasteiger partial charge in [0.25, 0.3) is 0 Å². The molecule has 0 N–H and O–H groups in total. The van der Waals surface area contributed by atoms with Gasteiger partial charge < -0.3 is 0 Å². The summed E-state index contributed by atoms with van der Waals surface area (Å²) in [6.07, 6.45) is 11.2. The van der Waals surface area contributed by atoms with Crippen molar-refractivity contribution in [3.05, 3.63) is 58.6 Å². The third-order valence-electron chi connectivity index (χ3n) is 1.90. The zero-order chi connectivity index (χ0) is 10.5. The number of nitrogens with zero attached hydrogens (tertiary/aromatic N) is 2. The molecule has 0 saturated heterocycles. The van der Waals surface area contributed by atoms with Crippen LogP contribution in [-0.4, -0.2) is 9.97 Å². The third kappa shape index (κ3) is 2.99. The van der Waals surface area contributed by atoms with Gasteiger partial charge in [0.15, 0.2) is 0 Å². The van der Waals surface area contributed by atoms with Gasteiger partial charge in [-0.15, -0.1) is 0 Å². The Balaban J connectivity index is 2.19. The van der Waals surface area contributed by atoms with Crippen molar-refractivity contribution in [1.29, 1.82) is 0 Å². The summed E-state index contributed by atoms with van der Waals surface area (Å²) in [6, 6.07) is 5.94. The molecule has 0 aliphatic heterocycles. The number of rotatable bonds is 2. The van der Waals surface area contributed by atoms with Crippen molar-refractivity contribution in [2.45, 2.75) is 0 Å². The summed E-state index contributed by atoms with van der Waals surface area (Å²) in [5.74, 6) is 0. The smallest absolute Gasteiger partial charge is 0.0410 e. The first-order valence-corrected chi connectivity index (χ1v) is 5.32. The summed E-state index contributed by atoms with van der Waals surface area (Å²) in [4.78, 5) is 8.05. The highest BCUT2D eigenvalue weighted by Crippen LogP contribution is 2.12. The molecule has 2 nitrogen and oxygen atoms in total. The van der Waals surface area contributed by atoms with Gasteiger partial charge in [0.1, 0.15) is 0 Å². The zero-order valence-electron chi connectivity index (χ0n) is 7.97. The second kappa shape index (κ2) is 4.84. The van der Waals surface area contributed by atoms with E-state index in [1.165, 1.54) is 0 Å². The van der Waals surface area contributed by atoms with Crippen LogP contribution in [0.15, 0.2) is 47.5 Å². The summed E-state index contributed by atoms with van der Waals surface area (Å²) >= 11 is 3.38. The van der Waals surface area contributed by atoms with Crippen molar-refractivity contribution in [2.75, 3.05) is 0 Å². The molecule has 0 fully saturated rings. The fourth-order valence-electron chi connectivity index (χ4n) is 1.19. The van der Waals surface area contributed by atoms with Gasteiger partial charge in [-0.1, -0.05) is 12.2 Å². The Hall–Kier alpha value is -1.48. The quantitative estimate of drug-likeness (QED) is 0.827. The van der Waals surface area contributed by atoms with Crippen LogP contribution in [-0.2, 0) is 0 Å². The molecule has 2 heterocycles. The molecule has 2 rings (SSSR count). The molecule has 0 bridgehead atoms. The number of hydrogen-bond acceptors (Lipinski definition) is 2. The minimum absolute atomic E-state index is 0.986. The minimum Gasteiger partial charge on any atom is -0.265 e. The second-order valence-electron chi connectivity index (χ2n) is 3.05. The Morgan fingerprint density at radius 1 is 0.933 bits per heavy atom. The van der Waals surface area contributed by atoms with Gasteiger partial charge in [-0.05, 0) is 45.3 Å². The molecule has 15 heavy (non-hydrogen) atoms. The van der Waals surface area contributed by atoms with Gasteiger partial charge in [-0.2, -0.15) is 0 Å². The predicted octanol–water partition coefficient (Wildman–Crippen LogP) is 3.41. The van der Waals surface area contributed by atoms with Crippen LogP contribution < -0.4 is 0 Å². The van der Waals surface area contributed by atoms with Crippen molar-refractivity contribution in [2.24, 2.45) is 0 Å². The fraction of sp³-hybridized carbons (Fsp3) is 0. The summed E-state index contributed by atoms with van der Waals surface area (Å²) in [5, 5.41) is 0. The largest absolute Gasteiger partial charge is 0.265 e. The molecule has 0 aromatic carbocycles. The van der Waals surface area contributed by atoms with Gasteiger partial charge in [-0.3, -0.25) is 9.97 Å². The molecule has 0 amide bonds. The second-order valence-corrected chi connectivity index (χ2v) is 3.97. The van der Waals surface area contributed by atoms with E-state index in [1.54, 1.807) is 18.6 Å². The topological polar surface area (TPSA) is 25.8 Å². The first-order valence-electron chi connectivity index (χ1n) is 4.53. The lowest BCUT2D eigenvalue weighted by Crippen LogP contribution is -1.76. The lowest BCUT2D eigenvalue weighted by molar-refractivity contribution is 1.30. The van der Waals surface area contributed by atoms with E-state index in [2.05, 4.69) is 25.9 Å². The van der Waals surface area contributed by atoms with Crippen LogP contribution in [0.25, 0.3) is 12.2 Å². The maximum absolute atomic E-state index is 4.09. The van der Waals surface area contributed by atoms with E-state index in [1.807, 2.05) is 36.5 Å². The van der Waals surface area contributed by atoms with Crippen LogP contribution in [0.2, 0.25) is 0 Å². The van der Waals surface area contributed by atoms with Crippen LogP contribution in [0.4, 0.5) is 0 Å². The van der Waals surface area contributed by atoms with E-state index in [9.17, 15) is 0 Å². The lowest BCUT2D eigenvalue weighted by atomic mass is 10.2. The Kier molecular flexibility index (Phi) is 3.25. The first-order chi connectivity index (χ1) is 7.34. The van der Waals surface area contributed by atoms with E-state index >= 15 is 0 Å². The standard InChI is InChI=1S/C12H9BrN2/c13-12-7-11(8-15-9-12)2-1-10-3-5-14-6-4-10/h1-9H/b2-1+. The molecular formula is C12H9BrN2. The first kappa shape index (κ1) is 10.1. The average Bonchev–Trinajstić information content (AvgIpc) is 2.28. The van der Waals surface area contributed by atoms with E-state index in [4.69, 9.17) is 0 Å². The van der Waals surface area contributed by atoms with E-state index < -0.39 is 0 Å². The number of halogens is 1.